The molecule has 0 fully saturated rings. The van der Waals surface area contributed by atoms with Gasteiger partial charge in [-0.1, -0.05) is 49.7 Å². The number of rotatable bonds is 3. The van der Waals surface area contributed by atoms with Crippen molar-refractivity contribution in [2.75, 3.05) is 0 Å². The molecule has 22 heavy (non-hydrogen) atoms. The first-order chi connectivity index (χ1) is 10.5. The molecule has 112 valence electrons. The van der Waals surface area contributed by atoms with Gasteiger partial charge in [-0.3, -0.25) is 4.79 Å². The zero-order chi connectivity index (χ0) is 15.9. The van der Waals surface area contributed by atoms with Crippen LogP contribution in [-0.4, -0.2) is 11.3 Å². The molecule has 1 heterocycles. The zero-order valence-corrected chi connectivity index (χ0v) is 13.0. The molecule has 1 N–H and O–H groups in total. The number of carbonyl (C=O) groups excluding carboxylic acids is 1. The fraction of sp³-hybridized carbons (Fsp3) is 0.167. The minimum atomic E-state index is -0.462. The Labute approximate surface area is 132 Å². The molecule has 0 spiro atoms. The predicted octanol–water partition coefficient (Wildman–Crippen LogP) is 5.56. The van der Waals surface area contributed by atoms with Crippen LogP contribution in [0.5, 0.6) is 0 Å². The Morgan fingerprint density at radius 1 is 1.18 bits per heavy atom. The van der Waals surface area contributed by atoms with Crippen molar-refractivity contribution in [1.82, 2.24) is 4.98 Å². The molecule has 4 heteroatoms. The normalized spacial score (nSPS) is 11.3. The number of H-pyrrole nitrogens is 1. The summed E-state index contributed by atoms with van der Waals surface area (Å²) in [5.74, 6) is -0.0331. The standard InChI is InChI=1S/C18H15ClFNO/c1-10(2)11-3-5-12(6-4-11)17-15(9-22)14-7-13(19)8-16(20)18(14)21-17/h3-10,21H,1-2H3. The molecule has 3 aromatic rings. The number of aromatic nitrogens is 1. The highest BCUT2D eigenvalue weighted by Crippen LogP contribution is 2.33. The first kappa shape index (κ1) is 14.8. The second-order valence-corrected chi connectivity index (χ2v) is 6.05. The van der Waals surface area contributed by atoms with Crippen LogP contribution >= 0.6 is 11.6 Å². The fourth-order valence-electron chi connectivity index (χ4n) is 2.62. The first-order valence-electron chi connectivity index (χ1n) is 7.07. The fourth-order valence-corrected chi connectivity index (χ4v) is 2.83. The Morgan fingerprint density at radius 3 is 2.45 bits per heavy atom. The maximum absolute atomic E-state index is 14.0. The Hall–Kier alpha value is -2.13. The van der Waals surface area contributed by atoms with Crippen molar-refractivity contribution in [2.45, 2.75) is 19.8 Å². The van der Waals surface area contributed by atoms with Gasteiger partial charge < -0.3 is 4.98 Å². The van der Waals surface area contributed by atoms with Crippen LogP contribution in [0, 0.1) is 5.82 Å². The van der Waals surface area contributed by atoms with E-state index in [4.69, 9.17) is 11.6 Å². The SMILES string of the molecule is CC(C)c1ccc(-c2[nH]c3c(F)cc(Cl)cc3c2C=O)cc1. The smallest absolute Gasteiger partial charge is 0.152 e. The van der Waals surface area contributed by atoms with Gasteiger partial charge in [-0.25, -0.2) is 4.39 Å². The van der Waals surface area contributed by atoms with Crippen molar-refractivity contribution < 1.29 is 9.18 Å². The van der Waals surface area contributed by atoms with Gasteiger partial charge in [0.1, 0.15) is 5.82 Å². The third-order valence-electron chi connectivity index (χ3n) is 3.85. The van der Waals surface area contributed by atoms with Crippen LogP contribution < -0.4 is 0 Å². The molecule has 0 radical (unpaired) electrons. The monoisotopic (exact) mass is 315 g/mol. The predicted molar refractivity (Wildman–Crippen MR) is 88.2 cm³/mol. The van der Waals surface area contributed by atoms with Gasteiger partial charge in [0.2, 0.25) is 0 Å². The summed E-state index contributed by atoms with van der Waals surface area (Å²) in [6.45, 7) is 4.23. The van der Waals surface area contributed by atoms with E-state index in [9.17, 15) is 9.18 Å². The van der Waals surface area contributed by atoms with Crippen molar-refractivity contribution in [3.63, 3.8) is 0 Å². The van der Waals surface area contributed by atoms with Gasteiger partial charge in [0.15, 0.2) is 6.29 Å². The second-order valence-electron chi connectivity index (χ2n) is 5.62. The van der Waals surface area contributed by atoms with E-state index in [-0.39, 0.29) is 5.02 Å². The van der Waals surface area contributed by atoms with Crippen molar-refractivity contribution in [1.29, 1.82) is 0 Å². The van der Waals surface area contributed by atoms with Crippen molar-refractivity contribution >= 4 is 28.8 Å². The maximum atomic E-state index is 14.0. The summed E-state index contributed by atoms with van der Waals surface area (Å²) in [5.41, 5.74) is 3.39. The average Bonchev–Trinajstić information content (AvgIpc) is 2.86. The highest BCUT2D eigenvalue weighted by molar-refractivity contribution is 6.31. The molecular formula is C18H15ClFNO. The van der Waals surface area contributed by atoms with Gasteiger partial charge in [-0.15, -0.1) is 0 Å². The minimum Gasteiger partial charge on any atom is -0.352 e. The quantitative estimate of drug-likeness (QED) is 0.630. The summed E-state index contributed by atoms with van der Waals surface area (Å²) < 4.78 is 14.0. The molecule has 0 saturated carbocycles. The third-order valence-corrected chi connectivity index (χ3v) is 4.07. The van der Waals surface area contributed by atoms with E-state index in [2.05, 4.69) is 18.8 Å². The number of fused-ring (bicyclic) bond motifs is 1. The molecule has 3 rings (SSSR count). The molecule has 1 aromatic heterocycles. The van der Waals surface area contributed by atoms with E-state index in [1.54, 1.807) is 6.07 Å². The maximum Gasteiger partial charge on any atom is 0.152 e. The molecule has 0 aliphatic heterocycles. The van der Waals surface area contributed by atoms with E-state index in [0.717, 1.165) is 11.8 Å². The summed E-state index contributed by atoms with van der Waals surface area (Å²) in [6, 6.07) is 10.7. The van der Waals surface area contributed by atoms with Crippen LogP contribution in [0.2, 0.25) is 5.02 Å². The van der Waals surface area contributed by atoms with Gasteiger partial charge in [0, 0.05) is 16.0 Å². The Kier molecular flexibility index (Phi) is 3.75. The largest absolute Gasteiger partial charge is 0.352 e. The van der Waals surface area contributed by atoms with Gasteiger partial charge >= 0.3 is 0 Å². The molecule has 2 nitrogen and oxygen atoms in total. The molecule has 0 amide bonds. The van der Waals surface area contributed by atoms with E-state index >= 15 is 0 Å². The van der Waals surface area contributed by atoms with Crippen LogP contribution in [0.15, 0.2) is 36.4 Å². The van der Waals surface area contributed by atoms with Gasteiger partial charge in [-0.2, -0.15) is 0 Å². The summed E-state index contributed by atoms with van der Waals surface area (Å²) in [5, 5.41) is 0.775. The molecule has 2 aromatic carbocycles. The minimum absolute atomic E-state index is 0.272. The van der Waals surface area contributed by atoms with Gasteiger partial charge in [-0.05, 0) is 29.2 Å². The van der Waals surface area contributed by atoms with E-state index in [0.29, 0.717) is 28.1 Å². The summed E-state index contributed by atoms with van der Waals surface area (Å²) in [7, 11) is 0. The highest BCUT2D eigenvalue weighted by atomic mass is 35.5. The number of aromatic amines is 1. The lowest BCUT2D eigenvalue weighted by atomic mass is 9.99. The lowest BCUT2D eigenvalue weighted by Gasteiger charge is -2.06. The van der Waals surface area contributed by atoms with E-state index in [1.807, 2.05) is 24.3 Å². The molecule has 0 aliphatic rings. The van der Waals surface area contributed by atoms with Crippen molar-refractivity contribution in [3.05, 3.63) is 58.4 Å². The average molecular weight is 316 g/mol. The van der Waals surface area contributed by atoms with Crippen LogP contribution in [-0.2, 0) is 0 Å². The van der Waals surface area contributed by atoms with Crippen LogP contribution in [0.25, 0.3) is 22.2 Å². The number of nitrogens with one attached hydrogen (secondary N) is 1. The molecular weight excluding hydrogens is 301 g/mol. The van der Waals surface area contributed by atoms with Gasteiger partial charge in [0.25, 0.3) is 0 Å². The van der Waals surface area contributed by atoms with Crippen LogP contribution in [0.3, 0.4) is 0 Å². The Morgan fingerprint density at radius 2 is 1.86 bits per heavy atom. The molecule has 0 saturated heterocycles. The Bertz CT molecular complexity index is 850. The highest BCUT2D eigenvalue weighted by Gasteiger charge is 2.16. The zero-order valence-electron chi connectivity index (χ0n) is 12.3. The lowest BCUT2D eigenvalue weighted by Crippen LogP contribution is -1.88. The lowest BCUT2D eigenvalue weighted by molar-refractivity contribution is 0.112. The molecule has 0 unspecified atom stereocenters. The number of benzene rings is 2. The van der Waals surface area contributed by atoms with Crippen molar-refractivity contribution in [2.24, 2.45) is 0 Å². The van der Waals surface area contributed by atoms with Crippen molar-refractivity contribution in [3.8, 4) is 11.3 Å². The van der Waals surface area contributed by atoms with Gasteiger partial charge in [0.05, 0.1) is 11.2 Å². The summed E-state index contributed by atoms with van der Waals surface area (Å²) in [6.07, 6.45) is 0.736. The number of aldehydes is 1. The number of carbonyl (C=O) groups is 1. The number of hydrogen-bond acceptors (Lipinski definition) is 1. The molecule has 0 atom stereocenters. The number of halogens is 2. The topological polar surface area (TPSA) is 32.9 Å². The molecule has 0 bridgehead atoms. The summed E-state index contributed by atoms with van der Waals surface area (Å²) >= 11 is 5.89. The Balaban J connectivity index is 2.22. The van der Waals surface area contributed by atoms with E-state index in [1.165, 1.54) is 11.6 Å². The second kappa shape index (κ2) is 5.58. The van der Waals surface area contributed by atoms with Crippen LogP contribution in [0.1, 0.15) is 35.7 Å². The number of hydrogen-bond donors (Lipinski definition) is 1. The third kappa shape index (κ3) is 2.42. The first-order valence-corrected chi connectivity index (χ1v) is 7.45. The van der Waals surface area contributed by atoms with Crippen LogP contribution in [0.4, 0.5) is 4.39 Å². The van der Waals surface area contributed by atoms with E-state index < -0.39 is 5.82 Å². The molecule has 0 aliphatic carbocycles. The summed E-state index contributed by atoms with van der Waals surface area (Å²) in [4.78, 5) is 14.5.